The van der Waals surface area contributed by atoms with Crippen molar-refractivity contribution in [2.75, 3.05) is 5.75 Å². The lowest BCUT2D eigenvalue weighted by atomic mass is 10.00. The SMILES string of the molecule is Cc1ccc(S(=O)(=O)C(C)(CC(C)C)CS(=O)(=O)C=O)cc1. The van der Waals surface area contributed by atoms with Gasteiger partial charge in [0.25, 0.3) is 0 Å². The molecule has 0 aliphatic carbocycles. The molecule has 0 bridgehead atoms. The van der Waals surface area contributed by atoms with Gasteiger partial charge in [0, 0.05) is 0 Å². The Morgan fingerprint density at radius 2 is 1.59 bits per heavy atom. The summed E-state index contributed by atoms with van der Waals surface area (Å²) in [4.78, 5) is 10.8. The molecule has 0 aliphatic heterocycles. The third-order valence-electron chi connectivity index (χ3n) is 3.47. The summed E-state index contributed by atoms with van der Waals surface area (Å²) in [6.45, 7) is 6.86. The van der Waals surface area contributed by atoms with Gasteiger partial charge in [-0.1, -0.05) is 31.5 Å². The third kappa shape index (κ3) is 4.16. The van der Waals surface area contributed by atoms with Crippen LogP contribution in [0, 0.1) is 12.8 Å². The molecule has 0 aromatic heterocycles. The van der Waals surface area contributed by atoms with Crippen molar-refractivity contribution in [1.82, 2.24) is 0 Å². The minimum atomic E-state index is -4.08. The molecule has 1 aromatic rings. The summed E-state index contributed by atoms with van der Waals surface area (Å²) in [5.74, 6) is -0.746. The van der Waals surface area contributed by atoms with Crippen LogP contribution in [0.2, 0.25) is 0 Å². The second kappa shape index (κ2) is 6.50. The Balaban J connectivity index is 3.43. The number of rotatable bonds is 7. The highest BCUT2D eigenvalue weighted by atomic mass is 32.2. The zero-order valence-corrected chi connectivity index (χ0v) is 14.9. The molecule has 124 valence electrons. The molecule has 0 spiro atoms. The summed E-state index contributed by atoms with van der Waals surface area (Å²) in [6.07, 6.45) is 0.149. The highest BCUT2D eigenvalue weighted by Crippen LogP contribution is 2.33. The lowest BCUT2D eigenvalue weighted by molar-refractivity contribution is 0.461. The molecule has 5 nitrogen and oxygen atoms in total. The first-order chi connectivity index (χ1) is 9.93. The van der Waals surface area contributed by atoms with Crippen LogP contribution in [-0.4, -0.2) is 33.0 Å². The molecule has 0 fully saturated rings. The summed E-state index contributed by atoms with van der Waals surface area (Å²) >= 11 is 0. The average Bonchev–Trinajstić information content (AvgIpc) is 2.37. The van der Waals surface area contributed by atoms with Crippen LogP contribution in [0.4, 0.5) is 0 Å². The molecule has 1 atom stereocenters. The number of benzene rings is 1. The van der Waals surface area contributed by atoms with E-state index in [1.54, 1.807) is 12.1 Å². The zero-order chi connectivity index (χ0) is 17.2. The molecule has 0 amide bonds. The van der Waals surface area contributed by atoms with Gasteiger partial charge in [-0.25, -0.2) is 16.8 Å². The fraction of sp³-hybridized carbons (Fsp3) is 0.533. The first-order valence-corrected chi connectivity index (χ1v) is 10.1. The second-order valence-electron chi connectivity index (χ2n) is 6.27. The molecule has 7 heteroatoms. The highest BCUT2D eigenvalue weighted by molar-refractivity contribution is 8.05. The molecular formula is C15H22O5S2. The van der Waals surface area contributed by atoms with Gasteiger partial charge in [-0.05, 0) is 38.3 Å². The van der Waals surface area contributed by atoms with E-state index in [0.717, 1.165) is 5.56 Å². The normalized spacial score (nSPS) is 15.5. The second-order valence-corrected chi connectivity index (χ2v) is 10.5. The topological polar surface area (TPSA) is 85.3 Å². The van der Waals surface area contributed by atoms with Gasteiger partial charge < -0.3 is 0 Å². The molecule has 0 aliphatic rings. The monoisotopic (exact) mass is 346 g/mol. The molecule has 0 saturated carbocycles. The van der Waals surface area contributed by atoms with Gasteiger partial charge >= 0.3 is 0 Å². The third-order valence-corrected chi connectivity index (χ3v) is 7.49. The maximum atomic E-state index is 12.9. The van der Waals surface area contributed by atoms with Gasteiger partial charge in [0.1, 0.15) is 0 Å². The van der Waals surface area contributed by atoms with Crippen molar-refractivity contribution < 1.29 is 21.6 Å². The predicted octanol–water partition coefficient (Wildman–Crippen LogP) is 2.18. The fourth-order valence-electron chi connectivity index (χ4n) is 2.57. The van der Waals surface area contributed by atoms with E-state index in [4.69, 9.17) is 0 Å². The molecule has 22 heavy (non-hydrogen) atoms. The van der Waals surface area contributed by atoms with E-state index in [2.05, 4.69) is 0 Å². The van der Waals surface area contributed by atoms with Crippen molar-refractivity contribution in [3.63, 3.8) is 0 Å². The van der Waals surface area contributed by atoms with Gasteiger partial charge in [0.05, 0.1) is 15.4 Å². The Bertz CT molecular complexity index is 731. The average molecular weight is 346 g/mol. The molecule has 1 rings (SSSR count). The van der Waals surface area contributed by atoms with E-state index in [0.29, 0.717) is 0 Å². The molecule has 0 N–H and O–H groups in total. The molecule has 0 saturated heterocycles. The Morgan fingerprint density at radius 1 is 1.09 bits per heavy atom. The quantitative estimate of drug-likeness (QED) is 0.706. The van der Waals surface area contributed by atoms with Crippen molar-refractivity contribution >= 4 is 25.3 Å². The summed E-state index contributed by atoms with van der Waals surface area (Å²) in [5.41, 5.74) is 0.737. The minimum Gasteiger partial charge on any atom is -0.285 e. The van der Waals surface area contributed by atoms with Gasteiger partial charge in [0.2, 0.25) is 15.5 Å². The zero-order valence-electron chi connectivity index (χ0n) is 13.2. The van der Waals surface area contributed by atoms with Crippen LogP contribution in [0.25, 0.3) is 0 Å². The van der Waals surface area contributed by atoms with E-state index in [1.807, 2.05) is 20.8 Å². The number of hydrogen-bond donors (Lipinski definition) is 0. The van der Waals surface area contributed by atoms with Gasteiger partial charge in [-0.15, -0.1) is 0 Å². The summed E-state index contributed by atoms with van der Waals surface area (Å²) in [5, 5.41) is 0. The molecule has 1 aromatic carbocycles. The predicted molar refractivity (Wildman–Crippen MR) is 86.8 cm³/mol. The Kier molecular flexibility index (Phi) is 5.56. The van der Waals surface area contributed by atoms with E-state index in [-0.39, 0.29) is 22.9 Å². The van der Waals surface area contributed by atoms with Crippen LogP contribution in [-0.2, 0) is 24.5 Å². The van der Waals surface area contributed by atoms with Gasteiger partial charge in [-0.3, -0.25) is 4.79 Å². The van der Waals surface area contributed by atoms with Crippen molar-refractivity contribution in [2.24, 2.45) is 5.92 Å². The maximum Gasteiger partial charge on any atom is 0.234 e. The fourth-order valence-corrected chi connectivity index (χ4v) is 6.34. The number of carbonyl (C=O) groups excluding carboxylic acids is 1. The first kappa shape index (κ1) is 18.8. The van der Waals surface area contributed by atoms with Crippen LogP contribution in [0.15, 0.2) is 29.2 Å². The van der Waals surface area contributed by atoms with Crippen molar-refractivity contribution in [3.05, 3.63) is 29.8 Å². The van der Waals surface area contributed by atoms with E-state index < -0.39 is 30.2 Å². The number of carbonyl (C=O) groups is 1. The van der Waals surface area contributed by atoms with Crippen molar-refractivity contribution in [3.8, 4) is 0 Å². The smallest absolute Gasteiger partial charge is 0.234 e. The molecule has 0 radical (unpaired) electrons. The Morgan fingerprint density at radius 3 is 2.00 bits per heavy atom. The number of hydrogen-bond acceptors (Lipinski definition) is 5. The maximum absolute atomic E-state index is 12.9. The van der Waals surface area contributed by atoms with E-state index in [9.17, 15) is 21.6 Å². The first-order valence-electron chi connectivity index (χ1n) is 6.93. The number of sulfone groups is 2. The standard InChI is InChI=1S/C15H22O5S2/c1-12(2)9-15(4,10-21(17,18)11-16)22(19,20)14-7-5-13(3)6-8-14/h5-8,11-12H,9-10H2,1-4H3. The largest absolute Gasteiger partial charge is 0.285 e. The Hall–Kier alpha value is -1.21. The van der Waals surface area contributed by atoms with Crippen LogP contribution in [0.3, 0.4) is 0 Å². The van der Waals surface area contributed by atoms with Crippen molar-refractivity contribution in [2.45, 2.75) is 43.8 Å². The highest BCUT2D eigenvalue weighted by Gasteiger charge is 2.44. The van der Waals surface area contributed by atoms with Crippen LogP contribution < -0.4 is 0 Å². The van der Waals surface area contributed by atoms with E-state index >= 15 is 0 Å². The Labute approximate surface area is 132 Å². The van der Waals surface area contributed by atoms with Gasteiger partial charge in [-0.2, -0.15) is 0 Å². The van der Waals surface area contributed by atoms with Crippen molar-refractivity contribution in [1.29, 1.82) is 0 Å². The number of aryl methyl sites for hydroxylation is 1. The minimum absolute atomic E-state index is 0.0351. The molecular weight excluding hydrogens is 324 g/mol. The summed E-state index contributed by atoms with van der Waals surface area (Å²) in [7, 11) is -7.98. The van der Waals surface area contributed by atoms with Crippen LogP contribution in [0.1, 0.15) is 32.8 Å². The summed E-state index contributed by atoms with van der Waals surface area (Å²) in [6, 6.07) is 6.27. The molecule has 0 heterocycles. The van der Waals surface area contributed by atoms with E-state index in [1.165, 1.54) is 19.1 Å². The summed E-state index contributed by atoms with van der Waals surface area (Å²) < 4.78 is 47.7. The van der Waals surface area contributed by atoms with Crippen LogP contribution in [0.5, 0.6) is 0 Å². The lowest BCUT2D eigenvalue weighted by Gasteiger charge is -2.30. The van der Waals surface area contributed by atoms with Gasteiger partial charge in [0.15, 0.2) is 9.84 Å². The molecule has 1 unspecified atom stereocenters. The van der Waals surface area contributed by atoms with Crippen LogP contribution >= 0.6 is 0 Å². The lowest BCUT2D eigenvalue weighted by Crippen LogP contribution is -2.43.